The number of anilines is 2. The summed E-state index contributed by atoms with van der Waals surface area (Å²) in [5.74, 6) is 3.13. The SMILES string of the molecule is COc1cc(NC(=S)Nc2ccc(Oc3ccccc3)cc2)cc(OC)c1OC. The summed E-state index contributed by atoms with van der Waals surface area (Å²) in [5, 5.41) is 6.68. The highest BCUT2D eigenvalue weighted by molar-refractivity contribution is 7.80. The summed E-state index contributed by atoms with van der Waals surface area (Å²) in [5.41, 5.74) is 1.54. The highest BCUT2D eigenvalue weighted by Gasteiger charge is 2.13. The van der Waals surface area contributed by atoms with E-state index in [0.717, 1.165) is 17.2 Å². The number of benzene rings is 3. The molecular formula is C22H22N2O4S. The van der Waals surface area contributed by atoms with Gasteiger partial charge in [0.15, 0.2) is 16.6 Å². The maximum absolute atomic E-state index is 5.79. The molecule has 6 nitrogen and oxygen atoms in total. The third-order valence-electron chi connectivity index (χ3n) is 4.01. The molecule has 0 radical (unpaired) electrons. The number of para-hydroxylation sites is 1. The molecule has 0 atom stereocenters. The molecule has 0 unspecified atom stereocenters. The van der Waals surface area contributed by atoms with Crippen LogP contribution in [0.15, 0.2) is 66.7 Å². The monoisotopic (exact) mass is 410 g/mol. The first-order valence-corrected chi connectivity index (χ1v) is 9.24. The highest BCUT2D eigenvalue weighted by Crippen LogP contribution is 2.40. The van der Waals surface area contributed by atoms with Crippen molar-refractivity contribution in [1.29, 1.82) is 0 Å². The lowest BCUT2D eigenvalue weighted by atomic mass is 10.2. The first kappa shape index (κ1) is 20.3. The molecule has 0 aromatic heterocycles. The van der Waals surface area contributed by atoms with E-state index in [2.05, 4.69) is 10.6 Å². The molecule has 0 aliphatic rings. The number of nitrogens with one attached hydrogen (secondary N) is 2. The number of methoxy groups -OCH3 is 3. The molecule has 2 N–H and O–H groups in total. The van der Waals surface area contributed by atoms with Gasteiger partial charge in [0.25, 0.3) is 0 Å². The van der Waals surface area contributed by atoms with Gasteiger partial charge >= 0.3 is 0 Å². The standard InChI is InChI=1S/C22H22N2O4S/c1-25-19-13-16(14-20(26-2)21(19)27-3)24-22(29)23-15-9-11-18(12-10-15)28-17-7-5-4-6-8-17/h4-14H,1-3H3,(H2,23,24,29). The number of hydrogen-bond acceptors (Lipinski definition) is 5. The Morgan fingerprint density at radius 3 is 1.79 bits per heavy atom. The Hall–Kier alpha value is -3.45. The van der Waals surface area contributed by atoms with E-state index in [1.54, 1.807) is 33.5 Å². The molecule has 0 aliphatic heterocycles. The molecule has 0 bridgehead atoms. The van der Waals surface area contributed by atoms with Crippen LogP contribution < -0.4 is 29.6 Å². The summed E-state index contributed by atoms with van der Waals surface area (Å²) in [6, 6.07) is 20.7. The van der Waals surface area contributed by atoms with Gasteiger partial charge in [0.2, 0.25) is 5.75 Å². The summed E-state index contributed by atoms with van der Waals surface area (Å²) in [6.07, 6.45) is 0. The maximum Gasteiger partial charge on any atom is 0.203 e. The molecule has 0 aliphatic carbocycles. The van der Waals surface area contributed by atoms with E-state index >= 15 is 0 Å². The van der Waals surface area contributed by atoms with E-state index in [0.29, 0.717) is 28.0 Å². The zero-order valence-corrected chi connectivity index (χ0v) is 17.2. The fraction of sp³-hybridized carbons (Fsp3) is 0.136. The van der Waals surface area contributed by atoms with Gasteiger partial charge in [0.1, 0.15) is 11.5 Å². The number of thiocarbonyl (C=S) groups is 1. The third kappa shape index (κ3) is 5.30. The van der Waals surface area contributed by atoms with Crippen molar-refractivity contribution in [3.8, 4) is 28.7 Å². The fourth-order valence-electron chi connectivity index (χ4n) is 2.68. The van der Waals surface area contributed by atoms with Crippen molar-refractivity contribution in [2.24, 2.45) is 0 Å². The van der Waals surface area contributed by atoms with Crippen LogP contribution in [0, 0.1) is 0 Å². The van der Waals surface area contributed by atoms with E-state index in [1.165, 1.54) is 0 Å². The summed E-state index contributed by atoms with van der Waals surface area (Å²) in [4.78, 5) is 0. The predicted molar refractivity (Wildman–Crippen MR) is 119 cm³/mol. The van der Waals surface area contributed by atoms with Crippen LogP contribution in [-0.4, -0.2) is 26.4 Å². The van der Waals surface area contributed by atoms with Crippen molar-refractivity contribution in [2.45, 2.75) is 0 Å². The Balaban J connectivity index is 1.65. The van der Waals surface area contributed by atoms with Gasteiger partial charge in [-0.3, -0.25) is 0 Å². The van der Waals surface area contributed by atoms with Gasteiger partial charge in [0.05, 0.1) is 21.3 Å². The van der Waals surface area contributed by atoms with Crippen LogP contribution in [0.25, 0.3) is 0 Å². The Kier molecular flexibility index (Phi) is 6.76. The largest absolute Gasteiger partial charge is 0.493 e. The molecular weight excluding hydrogens is 388 g/mol. The minimum atomic E-state index is 0.427. The van der Waals surface area contributed by atoms with Gasteiger partial charge in [0, 0.05) is 23.5 Å². The molecule has 0 spiro atoms. The van der Waals surface area contributed by atoms with Crippen LogP contribution in [-0.2, 0) is 0 Å². The van der Waals surface area contributed by atoms with Gasteiger partial charge in [-0.25, -0.2) is 0 Å². The minimum absolute atomic E-state index is 0.427. The average Bonchev–Trinajstić information content (AvgIpc) is 2.75. The Morgan fingerprint density at radius 2 is 1.24 bits per heavy atom. The first-order chi connectivity index (χ1) is 14.1. The number of ether oxygens (including phenoxy) is 4. The average molecular weight is 410 g/mol. The fourth-order valence-corrected chi connectivity index (χ4v) is 2.91. The molecule has 0 amide bonds. The molecule has 0 saturated heterocycles. The quantitative estimate of drug-likeness (QED) is 0.512. The topological polar surface area (TPSA) is 61.0 Å². The molecule has 150 valence electrons. The lowest BCUT2D eigenvalue weighted by Crippen LogP contribution is -2.19. The van der Waals surface area contributed by atoms with Crippen LogP contribution in [0.3, 0.4) is 0 Å². The van der Waals surface area contributed by atoms with Gasteiger partial charge in [-0.1, -0.05) is 18.2 Å². The van der Waals surface area contributed by atoms with Gasteiger partial charge in [-0.2, -0.15) is 0 Å². The minimum Gasteiger partial charge on any atom is -0.493 e. The lowest BCUT2D eigenvalue weighted by Gasteiger charge is -2.16. The Labute approximate surface area is 175 Å². The molecule has 0 saturated carbocycles. The molecule has 0 heterocycles. The molecule has 29 heavy (non-hydrogen) atoms. The number of rotatable bonds is 7. The molecule has 7 heteroatoms. The molecule has 3 rings (SSSR count). The normalized spacial score (nSPS) is 10.0. The second-order valence-electron chi connectivity index (χ2n) is 5.93. The first-order valence-electron chi connectivity index (χ1n) is 8.84. The highest BCUT2D eigenvalue weighted by atomic mass is 32.1. The van der Waals surface area contributed by atoms with Crippen molar-refractivity contribution in [3.05, 3.63) is 66.7 Å². The molecule has 0 fully saturated rings. The second-order valence-corrected chi connectivity index (χ2v) is 6.34. The molecule has 3 aromatic carbocycles. The van der Waals surface area contributed by atoms with Crippen molar-refractivity contribution in [3.63, 3.8) is 0 Å². The maximum atomic E-state index is 5.79. The van der Waals surface area contributed by atoms with Crippen molar-refractivity contribution in [2.75, 3.05) is 32.0 Å². The van der Waals surface area contributed by atoms with Crippen molar-refractivity contribution >= 4 is 28.7 Å². The van der Waals surface area contributed by atoms with E-state index in [-0.39, 0.29) is 0 Å². The number of hydrogen-bond donors (Lipinski definition) is 2. The lowest BCUT2D eigenvalue weighted by molar-refractivity contribution is 0.324. The summed E-state index contributed by atoms with van der Waals surface area (Å²) >= 11 is 5.41. The summed E-state index contributed by atoms with van der Waals surface area (Å²) in [6.45, 7) is 0. The predicted octanol–water partition coefficient (Wildman–Crippen LogP) is 5.31. The van der Waals surface area contributed by atoms with Gasteiger partial charge in [-0.15, -0.1) is 0 Å². The van der Waals surface area contributed by atoms with Gasteiger partial charge in [-0.05, 0) is 48.6 Å². The van der Waals surface area contributed by atoms with E-state index in [9.17, 15) is 0 Å². The zero-order chi connectivity index (χ0) is 20.6. The second kappa shape index (κ2) is 9.66. The van der Waals surface area contributed by atoms with Crippen LogP contribution in [0.2, 0.25) is 0 Å². The van der Waals surface area contributed by atoms with Crippen LogP contribution in [0.1, 0.15) is 0 Å². The Bertz CT molecular complexity index is 937. The van der Waals surface area contributed by atoms with E-state index < -0.39 is 0 Å². The van der Waals surface area contributed by atoms with Crippen LogP contribution in [0.5, 0.6) is 28.7 Å². The smallest absolute Gasteiger partial charge is 0.203 e. The van der Waals surface area contributed by atoms with Crippen molar-refractivity contribution in [1.82, 2.24) is 0 Å². The zero-order valence-electron chi connectivity index (χ0n) is 16.4. The summed E-state index contributed by atoms with van der Waals surface area (Å²) in [7, 11) is 4.69. The van der Waals surface area contributed by atoms with Crippen LogP contribution in [0.4, 0.5) is 11.4 Å². The van der Waals surface area contributed by atoms with Crippen molar-refractivity contribution < 1.29 is 18.9 Å². The Morgan fingerprint density at radius 1 is 0.690 bits per heavy atom. The summed E-state index contributed by atoms with van der Waals surface area (Å²) < 4.78 is 21.8. The third-order valence-corrected chi connectivity index (χ3v) is 4.22. The van der Waals surface area contributed by atoms with E-state index in [1.807, 2.05) is 54.6 Å². The van der Waals surface area contributed by atoms with Crippen LogP contribution >= 0.6 is 12.2 Å². The van der Waals surface area contributed by atoms with E-state index in [4.69, 9.17) is 31.2 Å². The van der Waals surface area contributed by atoms with Gasteiger partial charge < -0.3 is 29.6 Å². The molecule has 3 aromatic rings.